The second kappa shape index (κ2) is 6.41. The third kappa shape index (κ3) is 3.22. The summed E-state index contributed by atoms with van der Waals surface area (Å²) in [6, 6.07) is 13.2. The van der Waals surface area contributed by atoms with Crippen LogP contribution in [-0.4, -0.2) is 5.78 Å². The van der Waals surface area contributed by atoms with E-state index in [-0.39, 0.29) is 11.5 Å². The largest absolute Gasteiger partial charge is 0.458 e. The third-order valence-electron chi connectivity index (χ3n) is 3.58. The van der Waals surface area contributed by atoms with Crippen LogP contribution in [0.15, 0.2) is 40.8 Å². The topological polar surface area (TPSA) is 54.0 Å². The molecule has 0 aliphatic rings. The Balaban J connectivity index is 2.26. The average Bonchev–Trinajstić information content (AvgIpc) is 2.97. The lowest BCUT2D eigenvalue weighted by Crippen LogP contribution is -2.10. The minimum absolute atomic E-state index is 0.256. The van der Waals surface area contributed by atoms with E-state index in [9.17, 15) is 10.1 Å². The Labute approximate surface area is 125 Å². The van der Waals surface area contributed by atoms with Gasteiger partial charge in [-0.1, -0.05) is 45.0 Å². The van der Waals surface area contributed by atoms with Crippen molar-refractivity contribution in [2.75, 3.05) is 0 Å². The van der Waals surface area contributed by atoms with Crippen molar-refractivity contribution in [3.05, 3.63) is 59.0 Å². The van der Waals surface area contributed by atoms with Gasteiger partial charge in [0.15, 0.2) is 5.76 Å². The molecule has 3 heteroatoms. The zero-order chi connectivity index (χ0) is 15.4. The van der Waals surface area contributed by atoms with E-state index in [4.69, 9.17) is 4.42 Å². The summed E-state index contributed by atoms with van der Waals surface area (Å²) in [4.78, 5) is 12.4. The summed E-state index contributed by atoms with van der Waals surface area (Å²) < 4.78 is 5.46. The summed E-state index contributed by atoms with van der Waals surface area (Å²) in [5, 5.41) is 9.34. The van der Waals surface area contributed by atoms with Crippen LogP contribution in [0.4, 0.5) is 0 Å². The number of aryl methyl sites for hydroxylation is 1. The van der Waals surface area contributed by atoms with Crippen LogP contribution in [0.3, 0.4) is 0 Å². The van der Waals surface area contributed by atoms with Crippen LogP contribution in [0, 0.1) is 11.3 Å². The summed E-state index contributed by atoms with van der Waals surface area (Å²) >= 11 is 0. The first-order chi connectivity index (χ1) is 10.1. The highest BCUT2D eigenvalue weighted by Gasteiger charge is 2.24. The average molecular weight is 281 g/mol. The molecule has 21 heavy (non-hydrogen) atoms. The van der Waals surface area contributed by atoms with Crippen LogP contribution in [0.1, 0.15) is 60.0 Å². The van der Waals surface area contributed by atoms with Gasteiger partial charge in [-0.3, -0.25) is 4.79 Å². The highest BCUT2D eigenvalue weighted by Crippen LogP contribution is 2.24. The van der Waals surface area contributed by atoms with Crippen molar-refractivity contribution in [2.45, 2.75) is 39.0 Å². The molecule has 0 bridgehead atoms. The van der Waals surface area contributed by atoms with Gasteiger partial charge < -0.3 is 4.42 Å². The number of rotatable bonds is 5. The highest BCUT2D eigenvalue weighted by atomic mass is 16.3. The molecule has 3 nitrogen and oxygen atoms in total. The Hall–Kier alpha value is -2.34. The molecule has 1 unspecified atom stereocenters. The lowest BCUT2D eigenvalue weighted by atomic mass is 9.92. The fraction of sp³-hybridized carbons (Fsp3) is 0.333. The van der Waals surface area contributed by atoms with Gasteiger partial charge in [-0.25, -0.2) is 0 Å². The Morgan fingerprint density at radius 2 is 1.76 bits per heavy atom. The molecule has 0 N–H and O–H groups in total. The van der Waals surface area contributed by atoms with Gasteiger partial charge in [-0.2, -0.15) is 5.26 Å². The second-order valence-corrected chi connectivity index (χ2v) is 5.37. The van der Waals surface area contributed by atoms with E-state index in [0.29, 0.717) is 11.5 Å². The summed E-state index contributed by atoms with van der Waals surface area (Å²) in [5.74, 6) is 0.334. The van der Waals surface area contributed by atoms with Crippen molar-refractivity contribution in [3.63, 3.8) is 0 Å². The Morgan fingerprint density at radius 1 is 1.14 bits per heavy atom. The summed E-state index contributed by atoms with van der Waals surface area (Å²) in [6.07, 6.45) is 0.730. The number of Topliss-reactive ketones (excluding diaryl/α,β-unsaturated/α-hetero) is 1. The van der Waals surface area contributed by atoms with Gasteiger partial charge in [0, 0.05) is 6.42 Å². The first-order valence-electron chi connectivity index (χ1n) is 7.19. The van der Waals surface area contributed by atoms with E-state index in [2.05, 4.69) is 19.9 Å². The van der Waals surface area contributed by atoms with Gasteiger partial charge in [0.05, 0.1) is 6.07 Å². The molecule has 2 rings (SSSR count). The number of nitrogens with zero attached hydrogens (tertiary/aromatic N) is 1. The standard InChI is InChI=1S/C18H19NO2/c1-4-15-9-10-17(21-15)18(20)16(11-19)14-7-5-13(6-8-14)12(2)3/h5-10,12,16H,4H2,1-3H3. The molecule has 0 radical (unpaired) electrons. The molecule has 0 aliphatic carbocycles. The van der Waals surface area contributed by atoms with Crippen molar-refractivity contribution >= 4 is 5.78 Å². The fourth-order valence-corrected chi connectivity index (χ4v) is 2.20. The Morgan fingerprint density at radius 3 is 2.24 bits per heavy atom. The SMILES string of the molecule is CCc1ccc(C(=O)C(C#N)c2ccc(C(C)C)cc2)o1. The van der Waals surface area contributed by atoms with Crippen LogP contribution in [0.2, 0.25) is 0 Å². The first kappa shape index (κ1) is 15.1. The van der Waals surface area contributed by atoms with E-state index in [1.54, 1.807) is 12.1 Å². The normalized spacial score (nSPS) is 12.1. The molecular formula is C18H19NO2. The predicted molar refractivity (Wildman–Crippen MR) is 81.3 cm³/mol. The van der Waals surface area contributed by atoms with Gasteiger partial charge in [0.2, 0.25) is 5.78 Å². The maximum atomic E-state index is 12.4. The summed E-state index contributed by atoms with van der Waals surface area (Å²) in [7, 11) is 0. The molecule has 0 saturated heterocycles. The van der Waals surface area contributed by atoms with Crippen molar-refractivity contribution in [1.82, 2.24) is 0 Å². The molecule has 1 aromatic carbocycles. The van der Waals surface area contributed by atoms with E-state index in [0.717, 1.165) is 12.2 Å². The molecule has 0 fully saturated rings. The number of nitriles is 1. The molecule has 0 saturated carbocycles. The summed E-state index contributed by atoms with van der Waals surface area (Å²) in [5.41, 5.74) is 1.90. The Bertz CT molecular complexity index is 659. The number of ketones is 1. The number of carbonyl (C=O) groups excluding carboxylic acids is 1. The molecule has 0 spiro atoms. The van der Waals surface area contributed by atoms with E-state index in [1.807, 2.05) is 31.2 Å². The van der Waals surface area contributed by atoms with Crippen molar-refractivity contribution in [2.24, 2.45) is 0 Å². The molecule has 1 heterocycles. The van der Waals surface area contributed by atoms with Crippen LogP contribution in [0.25, 0.3) is 0 Å². The lowest BCUT2D eigenvalue weighted by molar-refractivity contribution is 0.0950. The van der Waals surface area contributed by atoms with E-state index < -0.39 is 5.92 Å². The van der Waals surface area contributed by atoms with Gasteiger partial charge in [0.1, 0.15) is 11.7 Å². The van der Waals surface area contributed by atoms with E-state index >= 15 is 0 Å². The van der Waals surface area contributed by atoms with Gasteiger partial charge in [-0.15, -0.1) is 0 Å². The molecule has 1 atom stereocenters. The predicted octanol–water partition coefficient (Wildman–Crippen LogP) is 4.46. The van der Waals surface area contributed by atoms with Gasteiger partial charge >= 0.3 is 0 Å². The van der Waals surface area contributed by atoms with E-state index in [1.165, 1.54) is 5.56 Å². The zero-order valence-electron chi connectivity index (χ0n) is 12.6. The molecule has 2 aromatic rings. The quantitative estimate of drug-likeness (QED) is 0.760. The molecule has 108 valence electrons. The second-order valence-electron chi connectivity index (χ2n) is 5.37. The monoisotopic (exact) mass is 281 g/mol. The molecular weight excluding hydrogens is 262 g/mol. The van der Waals surface area contributed by atoms with Gasteiger partial charge in [-0.05, 0) is 29.2 Å². The maximum Gasteiger partial charge on any atom is 0.219 e. The van der Waals surface area contributed by atoms with Gasteiger partial charge in [0.25, 0.3) is 0 Å². The number of benzene rings is 1. The molecule has 0 aliphatic heterocycles. The smallest absolute Gasteiger partial charge is 0.219 e. The zero-order valence-corrected chi connectivity index (χ0v) is 12.6. The Kier molecular flexibility index (Phi) is 4.59. The number of carbonyl (C=O) groups is 1. The van der Waals surface area contributed by atoms with Crippen LogP contribution in [0.5, 0.6) is 0 Å². The van der Waals surface area contributed by atoms with Crippen molar-refractivity contribution in [3.8, 4) is 6.07 Å². The third-order valence-corrected chi connectivity index (χ3v) is 3.58. The highest BCUT2D eigenvalue weighted by molar-refractivity contribution is 6.00. The van der Waals surface area contributed by atoms with Crippen molar-refractivity contribution in [1.29, 1.82) is 5.26 Å². The minimum atomic E-state index is -0.818. The van der Waals surface area contributed by atoms with Crippen LogP contribution < -0.4 is 0 Å². The van der Waals surface area contributed by atoms with Crippen molar-refractivity contribution < 1.29 is 9.21 Å². The minimum Gasteiger partial charge on any atom is -0.458 e. The molecule has 0 amide bonds. The number of furan rings is 1. The lowest BCUT2D eigenvalue weighted by Gasteiger charge is -2.10. The number of hydrogen-bond acceptors (Lipinski definition) is 3. The summed E-state index contributed by atoms with van der Waals surface area (Å²) in [6.45, 7) is 6.17. The fourth-order valence-electron chi connectivity index (χ4n) is 2.20. The van der Waals surface area contributed by atoms with Crippen LogP contribution >= 0.6 is 0 Å². The first-order valence-corrected chi connectivity index (χ1v) is 7.19. The van der Waals surface area contributed by atoms with Crippen LogP contribution in [-0.2, 0) is 6.42 Å². The number of hydrogen-bond donors (Lipinski definition) is 0. The maximum absolute atomic E-state index is 12.4. The molecule has 1 aromatic heterocycles.